The quantitative estimate of drug-likeness (QED) is 0.840. The maximum absolute atomic E-state index is 12.3. The summed E-state index contributed by atoms with van der Waals surface area (Å²) in [6, 6.07) is 0. The number of thiazole rings is 2. The Balaban J connectivity index is 1.54. The number of nitrogens with one attached hydrogen (secondary N) is 2. The first kappa shape index (κ1) is 16.4. The summed E-state index contributed by atoms with van der Waals surface area (Å²) < 4.78 is 0. The lowest BCUT2D eigenvalue weighted by molar-refractivity contribution is 0.0957. The molecule has 0 spiro atoms. The zero-order chi connectivity index (χ0) is 16.2. The third-order valence-electron chi connectivity index (χ3n) is 3.85. The zero-order valence-electron chi connectivity index (χ0n) is 13.6. The first-order chi connectivity index (χ1) is 11.2. The minimum absolute atomic E-state index is 0.0366. The fourth-order valence-electron chi connectivity index (χ4n) is 2.71. The number of carbonyl (C=O) groups is 1. The highest BCUT2D eigenvalue weighted by Crippen LogP contribution is 2.27. The molecule has 124 valence electrons. The molecule has 2 aromatic rings. The smallest absolute Gasteiger partial charge is 0.263 e. The minimum atomic E-state index is -0.0366. The molecular weight excluding hydrogens is 328 g/mol. The van der Waals surface area contributed by atoms with Crippen LogP contribution in [0.1, 0.15) is 50.7 Å². The van der Waals surface area contributed by atoms with Crippen molar-refractivity contribution in [1.82, 2.24) is 15.3 Å². The van der Waals surface area contributed by atoms with Gasteiger partial charge in [-0.3, -0.25) is 4.79 Å². The van der Waals surface area contributed by atoms with E-state index in [9.17, 15) is 4.79 Å². The van der Waals surface area contributed by atoms with E-state index in [2.05, 4.69) is 15.6 Å². The van der Waals surface area contributed by atoms with Crippen LogP contribution in [0.2, 0.25) is 0 Å². The van der Waals surface area contributed by atoms with Crippen LogP contribution in [0, 0.1) is 6.92 Å². The van der Waals surface area contributed by atoms with Gasteiger partial charge in [0.1, 0.15) is 4.88 Å². The van der Waals surface area contributed by atoms with Crippen molar-refractivity contribution in [1.29, 1.82) is 0 Å². The van der Waals surface area contributed by atoms with E-state index in [1.54, 1.807) is 0 Å². The number of nitrogens with zero attached hydrogens (tertiary/aromatic N) is 2. The summed E-state index contributed by atoms with van der Waals surface area (Å²) in [6.07, 6.45) is 5.63. The van der Waals surface area contributed by atoms with Crippen molar-refractivity contribution in [3.05, 3.63) is 26.1 Å². The molecule has 2 aromatic heterocycles. The average Bonchev–Trinajstić information content (AvgIpc) is 3.10. The van der Waals surface area contributed by atoms with Crippen molar-refractivity contribution in [2.45, 2.75) is 46.0 Å². The number of anilines is 1. The summed E-state index contributed by atoms with van der Waals surface area (Å²) in [5.41, 5.74) is 2.07. The molecule has 23 heavy (non-hydrogen) atoms. The minimum Gasteiger partial charge on any atom is -0.362 e. The van der Waals surface area contributed by atoms with Gasteiger partial charge in [0.2, 0.25) is 0 Å². The van der Waals surface area contributed by atoms with Gasteiger partial charge in [0.25, 0.3) is 5.91 Å². The van der Waals surface area contributed by atoms with Gasteiger partial charge in [0.05, 0.1) is 16.4 Å². The highest BCUT2D eigenvalue weighted by Gasteiger charge is 2.17. The number of rotatable bonds is 6. The van der Waals surface area contributed by atoms with E-state index >= 15 is 0 Å². The van der Waals surface area contributed by atoms with Crippen molar-refractivity contribution < 1.29 is 4.79 Å². The van der Waals surface area contributed by atoms with Crippen LogP contribution in [-0.2, 0) is 19.3 Å². The number of fused-ring (bicyclic) bond motifs is 1. The number of carbonyl (C=O) groups excluding carboxylic acids is 1. The van der Waals surface area contributed by atoms with Crippen molar-refractivity contribution in [3.8, 4) is 0 Å². The highest BCUT2D eigenvalue weighted by molar-refractivity contribution is 7.17. The van der Waals surface area contributed by atoms with Gasteiger partial charge in [0.15, 0.2) is 5.13 Å². The molecule has 0 atom stereocenters. The molecule has 0 saturated heterocycles. The van der Waals surface area contributed by atoms with Crippen LogP contribution in [0.25, 0.3) is 0 Å². The lowest BCUT2D eigenvalue weighted by atomic mass is 10.0. The molecule has 5 nitrogen and oxygen atoms in total. The predicted molar refractivity (Wildman–Crippen MR) is 95.8 cm³/mol. The maximum atomic E-state index is 12.3. The van der Waals surface area contributed by atoms with Gasteiger partial charge in [-0.15, -0.1) is 11.3 Å². The number of aromatic nitrogens is 2. The van der Waals surface area contributed by atoms with Crippen LogP contribution in [0.4, 0.5) is 5.13 Å². The van der Waals surface area contributed by atoms with Gasteiger partial charge in [0, 0.05) is 24.4 Å². The molecule has 0 fully saturated rings. The molecule has 0 saturated carbocycles. The third-order valence-corrected chi connectivity index (χ3v) is 6.18. The molecule has 1 amide bonds. The number of aryl methyl sites for hydroxylation is 3. The van der Waals surface area contributed by atoms with Crippen molar-refractivity contribution >= 4 is 33.7 Å². The van der Waals surface area contributed by atoms with E-state index in [4.69, 9.17) is 4.98 Å². The number of amides is 1. The molecule has 0 aromatic carbocycles. The summed E-state index contributed by atoms with van der Waals surface area (Å²) in [7, 11) is 0. The molecule has 2 heterocycles. The van der Waals surface area contributed by atoms with Crippen LogP contribution in [0.15, 0.2) is 0 Å². The van der Waals surface area contributed by atoms with Gasteiger partial charge in [-0.1, -0.05) is 11.3 Å². The summed E-state index contributed by atoms with van der Waals surface area (Å²) in [4.78, 5) is 23.5. The van der Waals surface area contributed by atoms with Crippen LogP contribution >= 0.6 is 22.7 Å². The predicted octanol–water partition coefficient (Wildman–Crippen LogP) is 3.19. The topological polar surface area (TPSA) is 66.9 Å². The highest BCUT2D eigenvalue weighted by atomic mass is 32.1. The summed E-state index contributed by atoms with van der Waals surface area (Å²) in [6.45, 7) is 5.33. The van der Waals surface area contributed by atoms with Gasteiger partial charge in [-0.2, -0.15) is 0 Å². The second-order valence-electron chi connectivity index (χ2n) is 5.65. The Morgan fingerprint density at radius 1 is 1.22 bits per heavy atom. The molecule has 0 radical (unpaired) electrons. The SMILES string of the molecule is CCNc1nc(C)c(C(=O)NCCc2nc3c(s2)CCCC3)s1. The molecule has 1 aliphatic rings. The Morgan fingerprint density at radius 3 is 2.83 bits per heavy atom. The Labute approximate surface area is 144 Å². The summed E-state index contributed by atoms with van der Waals surface area (Å²) in [5.74, 6) is -0.0366. The van der Waals surface area contributed by atoms with Crippen LogP contribution < -0.4 is 10.6 Å². The van der Waals surface area contributed by atoms with Crippen LogP contribution in [-0.4, -0.2) is 29.0 Å². The second-order valence-corrected chi connectivity index (χ2v) is 7.82. The van der Waals surface area contributed by atoms with Crippen molar-refractivity contribution in [3.63, 3.8) is 0 Å². The van der Waals surface area contributed by atoms with E-state index in [0.29, 0.717) is 11.4 Å². The fraction of sp³-hybridized carbons (Fsp3) is 0.562. The lowest BCUT2D eigenvalue weighted by Gasteiger charge is -2.06. The Hall–Kier alpha value is -1.47. The first-order valence-corrected chi connectivity index (χ1v) is 9.77. The lowest BCUT2D eigenvalue weighted by Crippen LogP contribution is -2.25. The molecular formula is C16H22N4OS2. The van der Waals surface area contributed by atoms with Crippen molar-refractivity contribution in [2.24, 2.45) is 0 Å². The third kappa shape index (κ3) is 3.90. The maximum Gasteiger partial charge on any atom is 0.263 e. The van der Waals surface area contributed by atoms with Crippen molar-refractivity contribution in [2.75, 3.05) is 18.4 Å². The fourth-order valence-corrected chi connectivity index (χ4v) is 4.82. The van der Waals surface area contributed by atoms with E-state index in [0.717, 1.165) is 35.2 Å². The van der Waals surface area contributed by atoms with Gasteiger partial charge >= 0.3 is 0 Å². The standard InChI is InChI=1S/C16H22N4OS2/c1-3-17-16-19-10(2)14(23-16)15(21)18-9-8-13-20-11-6-4-5-7-12(11)22-13/h3-9H2,1-2H3,(H,17,19)(H,18,21). The van der Waals surface area contributed by atoms with E-state index in [1.807, 2.05) is 25.2 Å². The molecule has 0 bridgehead atoms. The normalized spacial score (nSPS) is 13.7. The molecule has 7 heteroatoms. The molecule has 0 aliphatic heterocycles. The van der Waals surface area contributed by atoms with Crippen LogP contribution in [0.5, 0.6) is 0 Å². The molecule has 3 rings (SSSR count). The summed E-state index contributed by atoms with van der Waals surface area (Å²) in [5, 5.41) is 8.10. The zero-order valence-corrected chi connectivity index (χ0v) is 15.2. The average molecular weight is 351 g/mol. The molecule has 1 aliphatic carbocycles. The second kappa shape index (κ2) is 7.40. The van der Waals surface area contributed by atoms with Gasteiger partial charge in [-0.05, 0) is 39.5 Å². The number of hydrogen-bond acceptors (Lipinski definition) is 6. The largest absolute Gasteiger partial charge is 0.362 e. The Kier molecular flexibility index (Phi) is 5.27. The Morgan fingerprint density at radius 2 is 2.04 bits per heavy atom. The molecule has 0 unspecified atom stereocenters. The first-order valence-electron chi connectivity index (χ1n) is 8.14. The monoisotopic (exact) mass is 350 g/mol. The van der Waals surface area contributed by atoms with E-state index in [1.165, 1.54) is 41.2 Å². The summed E-state index contributed by atoms with van der Waals surface area (Å²) >= 11 is 3.23. The molecule has 2 N–H and O–H groups in total. The van der Waals surface area contributed by atoms with E-state index in [-0.39, 0.29) is 5.91 Å². The van der Waals surface area contributed by atoms with Gasteiger partial charge in [-0.25, -0.2) is 9.97 Å². The van der Waals surface area contributed by atoms with Crippen LogP contribution in [0.3, 0.4) is 0 Å². The Bertz CT molecular complexity index is 669. The number of hydrogen-bond donors (Lipinski definition) is 2. The van der Waals surface area contributed by atoms with Gasteiger partial charge < -0.3 is 10.6 Å². The van der Waals surface area contributed by atoms with E-state index < -0.39 is 0 Å².